The summed E-state index contributed by atoms with van der Waals surface area (Å²) < 4.78 is 12.9. The summed E-state index contributed by atoms with van der Waals surface area (Å²) in [7, 11) is 0. The second kappa shape index (κ2) is 7.66. The number of pyridine rings is 1. The molecule has 0 atom stereocenters. The lowest BCUT2D eigenvalue weighted by Crippen LogP contribution is -1.91. The van der Waals surface area contributed by atoms with Gasteiger partial charge >= 0.3 is 0 Å². The predicted octanol–water partition coefficient (Wildman–Crippen LogP) is 5.13. The number of halogens is 1. The standard InChI is InChI=1S/C20H14BrN5O2/c1-2-16-20(21)19-17(26-16)4-13(27-15-9-24-11-25-10-15)5-18(19)28-14-3-12(6-22)7-23-8-14/h3-5,7-11,26H,2H2,1H3. The van der Waals surface area contributed by atoms with Crippen LogP contribution in [0, 0.1) is 11.3 Å². The summed E-state index contributed by atoms with van der Waals surface area (Å²) in [5.41, 5.74) is 2.33. The smallest absolute Gasteiger partial charge is 0.163 e. The Hall–Kier alpha value is -3.44. The van der Waals surface area contributed by atoms with Crippen LogP contribution in [0.2, 0.25) is 0 Å². The topological polar surface area (TPSA) is 96.7 Å². The number of nitriles is 1. The van der Waals surface area contributed by atoms with Crippen molar-refractivity contribution >= 4 is 26.8 Å². The van der Waals surface area contributed by atoms with Crippen LogP contribution < -0.4 is 9.47 Å². The van der Waals surface area contributed by atoms with E-state index < -0.39 is 0 Å². The molecule has 0 aliphatic rings. The number of aromatic nitrogens is 4. The van der Waals surface area contributed by atoms with Crippen LogP contribution in [0.3, 0.4) is 0 Å². The fourth-order valence-electron chi connectivity index (χ4n) is 2.80. The number of aromatic amines is 1. The first-order valence-corrected chi connectivity index (χ1v) is 9.27. The van der Waals surface area contributed by atoms with Gasteiger partial charge in [-0.1, -0.05) is 6.92 Å². The van der Waals surface area contributed by atoms with Gasteiger partial charge in [-0.05, 0) is 22.4 Å². The van der Waals surface area contributed by atoms with E-state index in [1.807, 2.05) is 6.07 Å². The van der Waals surface area contributed by atoms with E-state index in [1.165, 1.54) is 12.5 Å². The number of H-pyrrole nitrogens is 1. The van der Waals surface area contributed by atoms with Gasteiger partial charge in [0.1, 0.15) is 29.6 Å². The molecule has 0 bridgehead atoms. The van der Waals surface area contributed by atoms with E-state index in [9.17, 15) is 0 Å². The van der Waals surface area contributed by atoms with E-state index in [1.54, 1.807) is 30.7 Å². The van der Waals surface area contributed by atoms with Gasteiger partial charge in [0.2, 0.25) is 0 Å². The fraction of sp³-hybridized carbons (Fsp3) is 0.100. The fourth-order valence-corrected chi connectivity index (χ4v) is 3.59. The molecule has 8 heteroatoms. The Morgan fingerprint density at radius 3 is 2.54 bits per heavy atom. The maximum Gasteiger partial charge on any atom is 0.163 e. The van der Waals surface area contributed by atoms with Gasteiger partial charge in [-0.25, -0.2) is 9.97 Å². The second-order valence-electron chi connectivity index (χ2n) is 5.91. The van der Waals surface area contributed by atoms with E-state index in [0.717, 1.165) is 27.5 Å². The van der Waals surface area contributed by atoms with Crippen molar-refractivity contribution in [1.29, 1.82) is 5.26 Å². The summed E-state index contributed by atoms with van der Waals surface area (Å²) >= 11 is 3.66. The average Bonchev–Trinajstić information content (AvgIpc) is 3.04. The molecule has 3 aromatic heterocycles. The van der Waals surface area contributed by atoms with Gasteiger partial charge in [0.25, 0.3) is 0 Å². The first kappa shape index (κ1) is 17.9. The second-order valence-corrected chi connectivity index (χ2v) is 6.71. The van der Waals surface area contributed by atoms with Crippen molar-refractivity contribution in [3.8, 4) is 29.1 Å². The third-order valence-corrected chi connectivity index (χ3v) is 4.92. The summed E-state index contributed by atoms with van der Waals surface area (Å²) in [5.74, 6) is 2.12. The highest BCUT2D eigenvalue weighted by atomic mass is 79.9. The Bertz CT molecular complexity index is 1180. The summed E-state index contributed by atoms with van der Waals surface area (Å²) in [5, 5.41) is 9.98. The van der Waals surface area contributed by atoms with E-state index >= 15 is 0 Å². The van der Waals surface area contributed by atoms with Gasteiger partial charge in [-0.15, -0.1) is 0 Å². The molecule has 138 valence electrons. The molecule has 1 aromatic carbocycles. The summed E-state index contributed by atoms with van der Waals surface area (Å²) in [4.78, 5) is 15.4. The first-order valence-electron chi connectivity index (χ1n) is 8.48. The highest BCUT2D eigenvalue weighted by Crippen LogP contribution is 2.41. The zero-order chi connectivity index (χ0) is 19.5. The van der Waals surface area contributed by atoms with Crippen molar-refractivity contribution in [2.24, 2.45) is 0 Å². The molecule has 0 fully saturated rings. The van der Waals surface area contributed by atoms with Gasteiger partial charge in [-0.2, -0.15) is 5.26 Å². The molecule has 0 saturated heterocycles. The molecule has 7 nitrogen and oxygen atoms in total. The Balaban J connectivity index is 1.81. The van der Waals surface area contributed by atoms with Crippen LogP contribution >= 0.6 is 15.9 Å². The maximum atomic E-state index is 9.10. The number of ether oxygens (including phenoxy) is 2. The Morgan fingerprint density at radius 2 is 1.79 bits per heavy atom. The van der Waals surface area contributed by atoms with Crippen LogP contribution in [0.4, 0.5) is 0 Å². The van der Waals surface area contributed by atoms with E-state index in [2.05, 4.69) is 48.9 Å². The van der Waals surface area contributed by atoms with Crippen LogP contribution in [0.1, 0.15) is 18.2 Å². The maximum absolute atomic E-state index is 9.10. The van der Waals surface area contributed by atoms with Crippen LogP contribution in [0.15, 0.2) is 53.8 Å². The molecule has 28 heavy (non-hydrogen) atoms. The number of aryl methyl sites for hydroxylation is 1. The van der Waals surface area contributed by atoms with Gasteiger partial charge in [0, 0.05) is 34.6 Å². The molecular weight excluding hydrogens is 422 g/mol. The van der Waals surface area contributed by atoms with Crippen molar-refractivity contribution < 1.29 is 9.47 Å². The summed E-state index contributed by atoms with van der Waals surface area (Å²) in [6, 6.07) is 7.38. The Labute approximate surface area is 169 Å². The van der Waals surface area contributed by atoms with Crippen LogP contribution in [0.25, 0.3) is 10.9 Å². The molecular formula is C20H14BrN5O2. The lowest BCUT2D eigenvalue weighted by atomic mass is 10.2. The van der Waals surface area contributed by atoms with Crippen molar-refractivity contribution in [3.63, 3.8) is 0 Å². The molecule has 0 aliphatic heterocycles. The number of hydrogen-bond donors (Lipinski definition) is 1. The number of nitrogens with one attached hydrogen (secondary N) is 1. The SMILES string of the molecule is CCc1[nH]c2cc(Oc3cncnc3)cc(Oc3cncc(C#N)c3)c2c1Br. The predicted molar refractivity (Wildman–Crippen MR) is 107 cm³/mol. The van der Waals surface area contributed by atoms with Gasteiger partial charge in [-0.3, -0.25) is 4.98 Å². The number of nitrogens with zero attached hydrogens (tertiary/aromatic N) is 4. The van der Waals surface area contributed by atoms with E-state index in [4.69, 9.17) is 14.7 Å². The molecule has 3 heterocycles. The zero-order valence-electron chi connectivity index (χ0n) is 14.8. The lowest BCUT2D eigenvalue weighted by Gasteiger charge is -2.11. The summed E-state index contributed by atoms with van der Waals surface area (Å²) in [6.07, 6.45) is 8.48. The zero-order valence-corrected chi connectivity index (χ0v) is 16.4. The highest BCUT2D eigenvalue weighted by Gasteiger charge is 2.16. The molecule has 0 radical (unpaired) electrons. The Morgan fingerprint density at radius 1 is 1.00 bits per heavy atom. The molecule has 1 N–H and O–H groups in total. The summed E-state index contributed by atoms with van der Waals surface area (Å²) in [6.45, 7) is 2.06. The Kier molecular flexibility index (Phi) is 4.91. The third-order valence-electron chi connectivity index (χ3n) is 4.04. The largest absolute Gasteiger partial charge is 0.455 e. The number of hydrogen-bond acceptors (Lipinski definition) is 6. The van der Waals surface area contributed by atoms with Crippen molar-refractivity contribution in [2.45, 2.75) is 13.3 Å². The third kappa shape index (κ3) is 3.52. The number of rotatable bonds is 5. The minimum absolute atomic E-state index is 0.421. The molecule has 0 spiro atoms. The average molecular weight is 436 g/mol. The van der Waals surface area contributed by atoms with Crippen LogP contribution in [0.5, 0.6) is 23.0 Å². The molecule has 0 amide bonds. The quantitative estimate of drug-likeness (QED) is 0.466. The normalized spacial score (nSPS) is 10.6. The van der Waals surface area contributed by atoms with E-state index in [0.29, 0.717) is 28.6 Å². The van der Waals surface area contributed by atoms with Gasteiger partial charge in [0.05, 0.1) is 35.1 Å². The monoisotopic (exact) mass is 435 g/mol. The van der Waals surface area contributed by atoms with E-state index in [-0.39, 0.29) is 0 Å². The van der Waals surface area contributed by atoms with Crippen molar-refractivity contribution in [3.05, 3.63) is 65.0 Å². The molecule has 0 unspecified atom stereocenters. The lowest BCUT2D eigenvalue weighted by molar-refractivity contribution is 0.460. The van der Waals surface area contributed by atoms with Crippen molar-refractivity contribution in [2.75, 3.05) is 0 Å². The highest BCUT2D eigenvalue weighted by molar-refractivity contribution is 9.10. The molecule has 0 aliphatic carbocycles. The van der Waals surface area contributed by atoms with Crippen LogP contribution in [-0.4, -0.2) is 19.9 Å². The van der Waals surface area contributed by atoms with Gasteiger partial charge < -0.3 is 14.5 Å². The minimum Gasteiger partial charge on any atom is -0.455 e. The number of fused-ring (bicyclic) bond motifs is 1. The number of benzene rings is 1. The minimum atomic E-state index is 0.421. The first-order chi connectivity index (χ1) is 13.7. The molecule has 0 saturated carbocycles. The van der Waals surface area contributed by atoms with Crippen LogP contribution in [-0.2, 0) is 6.42 Å². The molecule has 4 aromatic rings. The van der Waals surface area contributed by atoms with Gasteiger partial charge in [0.15, 0.2) is 5.75 Å². The molecule has 4 rings (SSSR count). The van der Waals surface area contributed by atoms with Crippen molar-refractivity contribution in [1.82, 2.24) is 19.9 Å².